The SMILES string of the molecule is CN(C(=O)c1cnn2ccccc12)c1ccccc1CN. The molecule has 0 fully saturated rings. The van der Waals surface area contributed by atoms with Crippen LogP contribution in [0.4, 0.5) is 5.69 Å². The molecule has 106 valence electrons. The molecule has 0 aliphatic rings. The molecule has 21 heavy (non-hydrogen) atoms. The lowest BCUT2D eigenvalue weighted by Crippen LogP contribution is -2.27. The molecule has 2 N–H and O–H groups in total. The number of hydrogen-bond donors (Lipinski definition) is 1. The molecule has 3 rings (SSSR count). The van der Waals surface area contributed by atoms with Crippen molar-refractivity contribution in [2.45, 2.75) is 6.54 Å². The molecule has 0 radical (unpaired) electrons. The summed E-state index contributed by atoms with van der Waals surface area (Å²) in [7, 11) is 1.75. The van der Waals surface area contributed by atoms with Crippen LogP contribution >= 0.6 is 0 Å². The van der Waals surface area contributed by atoms with Crippen LogP contribution in [0.1, 0.15) is 15.9 Å². The van der Waals surface area contributed by atoms with Crippen molar-refractivity contribution in [3.63, 3.8) is 0 Å². The normalized spacial score (nSPS) is 10.8. The minimum absolute atomic E-state index is 0.0999. The van der Waals surface area contributed by atoms with Crippen LogP contribution in [0.5, 0.6) is 0 Å². The van der Waals surface area contributed by atoms with Crippen LogP contribution in [0.25, 0.3) is 5.52 Å². The van der Waals surface area contributed by atoms with Crippen molar-refractivity contribution in [1.29, 1.82) is 0 Å². The van der Waals surface area contributed by atoms with E-state index in [2.05, 4.69) is 5.10 Å². The van der Waals surface area contributed by atoms with Crippen LogP contribution in [-0.4, -0.2) is 22.6 Å². The first-order chi connectivity index (χ1) is 10.2. The fraction of sp³-hybridized carbons (Fsp3) is 0.125. The van der Waals surface area contributed by atoms with Gasteiger partial charge in [0, 0.05) is 25.5 Å². The summed E-state index contributed by atoms with van der Waals surface area (Å²) in [5.41, 5.74) is 8.86. The Morgan fingerprint density at radius 2 is 2.00 bits per heavy atom. The number of benzene rings is 1. The number of anilines is 1. The number of hydrogen-bond acceptors (Lipinski definition) is 3. The molecule has 0 bridgehead atoms. The van der Waals surface area contributed by atoms with E-state index in [-0.39, 0.29) is 5.91 Å². The number of nitrogens with zero attached hydrogens (tertiary/aromatic N) is 3. The molecule has 5 heteroatoms. The van der Waals surface area contributed by atoms with Gasteiger partial charge in [0.2, 0.25) is 0 Å². The summed E-state index contributed by atoms with van der Waals surface area (Å²) >= 11 is 0. The minimum Gasteiger partial charge on any atom is -0.326 e. The van der Waals surface area contributed by atoms with Crippen LogP contribution in [-0.2, 0) is 6.54 Å². The number of carbonyl (C=O) groups excluding carboxylic acids is 1. The van der Waals surface area contributed by atoms with Gasteiger partial charge in [-0.1, -0.05) is 24.3 Å². The molecular formula is C16H16N4O. The minimum atomic E-state index is -0.0999. The highest BCUT2D eigenvalue weighted by atomic mass is 16.2. The number of rotatable bonds is 3. The van der Waals surface area contributed by atoms with E-state index >= 15 is 0 Å². The van der Waals surface area contributed by atoms with Gasteiger partial charge >= 0.3 is 0 Å². The fourth-order valence-corrected chi connectivity index (χ4v) is 2.40. The summed E-state index contributed by atoms with van der Waals surface area (Å²) in [5.74, 6) is -0.0999. The maximum Gasteiger partial charge on any atom is 0.261 e. The standard InChI is InChI=1S/C16H16N4O/c1-19(14-7-3-2-6-12(14)10-17)16(21)13-11-18-20-9-5-4-8-15(13)20/h2-9,11H,10,17H2,1H3. The van der Waals surface area contributed by atoms with Gasteiger partial charge in [-0.25, -0.2) is 4.52 Å². The molecule has 0 aliphatic heterocycles. The Morgan fingerprint density at radius 1 is 1.24 bits per heavy atom. The van der Waals surface area contributed by atoms with E-state index in [9.17, 15) is 4.79 Å². The summed E-state index contributed by atoms with van der Waals surface area (Å²) in [6.45, 7) is 0.391. The van der Waals surface area contributed by atoms with Crippen LogP contribution in [0, 0.1) is 0 Å². The number of amides is 1. The van der Waals surface area contributed by atoms with Crippen LogP contribution < -0.4 is 10.6 Å². The number of aromatic nitrogens is 2. The molecular weight excluding hydrogens is 264 g/mol. The largest absolute Gasteiger partial charge is 0.326 e. The molecule has 0 aliphatic carbocycles. The van der Waals surface area contributed by atoms with Crippen LogP contribution in [0.3, 0.4) is 0 Å². The Kier molecular flexibility index (Phi) is 3.41. The Morgan fingerprint density at radius 3 is 2.81 bits per heavy atom. The van der Waals surface area contributed by atoms with E-state index in [1.165, 1.54) is 0 Å². The van der Waals surface area contributed by atoms with Crippen molar-refractivity contribution in [3.8, 4) is 0 Å². The zero-order valence-electron chi connectivity index (χ0n) is 11.7. The third kappa shape index (κ3) is 2.28. The molecule has 2 heterocycles. The first kappa shape index (κ1) is 13.3. The highest BCUT2D eigenvalue weighted by Gasteiger charge is 2.19. The molecule has 1 aromatic carbocycles. The summed E-state index contributed by atoms with van der Waals surface area (Å²) in [5, 5.41) is 4.20. The molecule has 0 unspecified atom stereocenters. The van der Waals surface area contributed by atoms with E-state index in [1.807, 2.05) is 48.7 Å². The summed E-state index contributed by atoms with van der Waals surface area (Å²) in [6, 6.07) is 13.3. The smallest absolute Gasteiger partial charge is 0.261 e. The van der Waals surface area contributed by atoms with Gasteiger partial charge in [-0.3, -0.25) is 4.79 Å². The van der Waals surface area contributed by atoms with E-state index in [0.717, 1.165) is 16.8 Å². The monoisotopic (exact) mass is 280 g/mol. The summed E-state index contributed by atoms with van der Waals surface area (Å²) in [4.78, 5) is 14.3. The average molecular weight is 280 g/mol. The van der Waals surface area contributed by atoms with E-state index < -0.39 is 0 Å². The van der Waals surface area contributed by atoms with Gasteiger partial charge in [-0.15, -0.1) is 0 Å². The first-order valence-electron chi connectivity index (χ1n) is 6.71. The third-order valence-electron chi connectivity index (χ3n) is 3.53. The van der Waals surface area contributed by atoms with Crippen molar-refractivity contribution in [1.82, 2.24) is 9.61 Å². The van der Waals surface area contributed by atoms with Crippen LogP contribution in [0.2, 0.25) is 0 Å². The highest BCUT2D eigenvalue weighted by molar-refractivity contribution is 6.10. The lowest BCUT2D eigenvalue weighted by molar-refractivity contribution is 0.0994. The number of para-hydroxylation sites is 1. The predicted molar refractivity (Wildman–Crippen MR) is 82.3 cm³/mol. The lowest BCUT2D eigenvalue weighted by atomic mass is 10.1. The fourth-order valence-electron chi connectivity index (χ4n) is 2.40. The highest BCUT2D eigenvalue weighted by Crippen LogP contribution is 2.22. The molecule has 3 aromatic rings. The molecule has 0 saturated carbocycles. The maximum absolute atomic E-state index is 12.7. The van der Waals surface area contributed by atoms with E-state index in [1.54, 1.807) is 22.7 Å². The number of carbonyl (C=O) groups is 1. The van der Waals surface area contributed by atoms with Gasteiger partial charge in [-0.05, 0) is 23.8 Å². The topological polar surface area (TPSA) is 63.6 Å². The second-order valence-corrected chi connectivity index (χ2v) is 4.79. The number of pyridine rings is 1. The number of fused-ring (bicyclic) bond motifs is 1. The second-order valence-electron chi connectivity index (χ2n) is 4.79. The molecule has 5 nitrogen and oxygen atoms in total. The number of nitrogens with two attached hydrogens (primary N) is 1. The molecule has 1 amide bonds. The Labute approximate surface area is 122 Å². The Balaban J connectivity index is 2.02. The van der Waals surface area contributed by atoms with Crippen molar-refractivity contribution in [2.75, 3.05) is 11.9 Å². The Hall–Kier alpha value is -2.66. The Bertz CT molecular complexity index is 794. The second kappa shape index (κ2) is 5.38. The van der Waals surface area contributed by atoms with Crippen molar-refractivity contribution in [3.05, 3.63) is 66.0 Å². The van der Waals surface area contributed by atoms with Gasteiger partial charge < -0.3 is 10.6 Å². The molecule has 0 spiro atoms. The first-order valence-corrected chi connectivity index (χ1v) is 6.71. The van der Waals surface area contributed by atoms with Gasteiger partial charge in [0.1, 0.15) is 0 Å². The third-order valence-corrected chi connectivity index (χ3v) is 3.53. The molecule has 0 saturated heterocycles. The quantitative estimate of drug-likeness (QED) is 0.799. The van der Waals surface area contributed by atoms with Crippen LogP contribution in [0.15, 0.2) is 54.9 Å². The molecule has 0 atom stereocenters. The van der Waals surface area contributed by atoms with E-state index in [0.29, 0.717) is 12.1 Å². The van der Waals surface area contributed by atoms with Gasteiger partial charge in [-0.2, -0.15) is 5.10 Å². The van der Waals surface area contributed by atoms with Crippen molar-refractivity contribution < 1.29 is 4.79 Å². The maximum atomic E-state index is 12.7. The van der Waals surface area contributed by atoms with Gasteiger partial charge in [0.25, 0.3) is 5.91 Å². The van der Waals surface area contributed by atoms with Crippen molar-refractivity contribution in [2.24, 2.45) is 5.73 Å². The van der Waals surface area contributed by atoms with Gasteiger partial charge in [0.05, 0.1) is 17.3 Å². The summed E-state index contributed by atoms with van der Waals surface area (Å²) in [6.07, 6.45) is 3.42. The van der Waals surface area contributed by atoms with Gasteiger partial charge in [0.15, 0.2) is 0 Å². The zero-order valence-corrected chi connectivity index (χ0v) is 11.7. The summed E-state index contributed by atoms with van der Waals surface area (Å²) < 4.78 is 1.69. The average Bonchev–Trinajstić information content (AvgIpc) is 2.97. The molecule has 2 aromatic heterocycles. The zero-order chi connectivity index (χ0) is 14.8. The van der Waals surface area contributed by atoms with E-state index in [4.69, 9.17) is 5.73 Å². The van der Waals surface area contributed by atoms with Crippen molar-refractivity contribution >= 4 is 17.1 Å². The lowest BCUT2D eigenvalue weighted by Gasteiger charge is -2.19. The predicted octanol–water partition coefficient (Wildman–Crippen LogP) is 2.07.